The van der Waals surface area contributed by atoms with Gasteiger partial charge in [0.15, 0.2) is 5.96 Å². The summed E-state index contributed by atoms with van der Waals surface area (Å²) in [5.41, 5.74) is 2.40. The van der Waals surface area contributed by atoms with Gasteiger partial charge in [-0.25, -0.2) is 0 Å². The Hall–Kier alpha value is -1.79. The van der Waals surface area contributed by atoms with E-state index in [0.29, 0.717) is 18.6 Å². The Bertz CT molecular complexity index is 660. The summed E-state index contributed by atoms with van der Waals surface area (Å²) in [6.45, 7) is 11.6. The Morgan fingerprint density at radius 1 is 1.36 bits per heavy atom. The van der Waals surface area contributed by atoms with E-state index < -0.39 is 0 Å². The molecule has 1 heterocycles. The van der Waals surface area contributed by atoms with Crippen LogP contribution in [0.2, 0.25) is 0 Å². The molecule has 2 aliphatic rings. The zero-order chi connectivity index (χ0) is 19.9. The lowest BCUT2D eigenvalue weighted by molar-refractivity contribution is -0.0174. The quantitative estimate of drug-likeness (QED) is 0.529. The number of guanidine groups is 1. The van der Waals surface area contributed by atoms with Crippen molar-refractivity contribution in [3.05, 3.63) is 29.3 Å². The monoisotopic (exact) mass is 388 g/mol. The lowest BCUT2D eigenvalue weighted by atomic mass is 10.1. The van der Waals surface area contributed by atoms with E-state index in [2.05, 4.69) is 59.5 Å². The minimum Gasteiger partial charge on any atom is -0.493 e. The molecule has 0 radical (unpaired) electrons. The fourth-order valence-corrected chi connectivity index (χ4v) is 3.59. The van der Waals surface area contributed by atoms with E-state index in [-0.39, 0.29) is 0 Å². The first kappa shape index (κ1) is 20.9. The highest BCUT2D eigenvalue weighted by molar-refractivity contribution is 5.79. The van der Waals surface area contributed by atoms with Gasteiger partial charge in [0.2, 0.25) is 0 Å². The molecule has 1 saturated carbocycles. The van der Waals surface area contributed by atoms with E-state index in [1.807, 2.05) is 7.05 Å². The number of aryl methyl sites for hydroxylation is 1. The van der Waals surface area contributed by atoms with E-state index in [4.69, 9.17) is 9.47 Å². The topological polar surface area (TPSA) is 58.1 Å². The van der Waals surface area contributed by atoms with Crippen LogP contribution in [0.25, 0.3) is 0 Å². The first-order valence-electron chi connectivity index (χ1n) is 10.6. The summed E-state index contributed by atoms with van der Waals surface area (Å²) in [5, 5.41) is 6.90. The summed E-state index contributed by atoms with van der Waals surface area (Å²) in [7, 11) is 1.82. The smallest absolute Gasteiger partial charge is 0.191 e. The van der Waals surface area contributed by atoms with Gasteiger partial charge in [0.05, 0.1) is 19.8 Å². The highest BCUT2D eigenvalue weighted by Crippen LogP contribution is 2.30. The maximum atomic E-state index is 6.08. The second-order valence-electron chi connectivity index (χ2n) is 8.18. The van der Waals surface area contributed by atoms with Crippen LogP contribution in [0.1, 0.15) is 37.8 Å². The third kappa shape index (κ3) is 6.11. The molecule has 1 aromatic rings. The van der Waals surface area contributed by atoms with Gasteiger partial charge in [-0.05, 0) is 51.2 Å². The van der Waals surface area contributed by atoms with Crippen LogP contribution in [0.15, 0.2) is 23.2 Å². The van der Waals surface area contributed by atoms with Crippen molar-refractivity contribution in [1.82, 2.24) is 15.5 Å². The van der Waals surface area contributed by atoms with Crippen LogP contribution >= 0.6 is 0 Å². The van der Waals surface area contributed by atoms with Gasteiger partial charge in [-0.2, -0.15) is 0 Å². The molecule has 6 heteroatoms. The summed E-state index contributed by atoms with van der Waals surface area (Å²) >= 11 is 0. The van der Waals surface area contributed by atoms with Gasteiger partial charge in [0.1, 0.15) is 5.75 Å². The van der Waals surface area contributed by atoms with Gasteiger partial charge in [0, 0.05) is 44.3 Å². The SMILES string of the molecule is CN=C(NCc1ccc(C)cc1OCC1CC1)NCC(C)N1CCOCC1C. The van der Waals surface area contributed by atoms with Crippen LogP contribution < -0.4 is 15.4 Å². The molecule has 1 aromatic carbocycles. The molecule has 156 valence electrons. The fraction of sp³-hybridized carbons (Fsp3) is 0.682. The van der Waals surface area contributed by atoms with Gasteiger partial charge < -0.3 is 20.1 Å². The van der Waals surface area contributed by atoms with Gasteiger partial charge in [-0.3, -0.25) is 9.89 Å². The summed E-state index contributed by atoms with van der Waals surface area (Å²) in [5.74, 6) is 2.56. The van der Waals surface area contributed by atoms with Crippen LogP contribution in [0.3, 0.4) is 0 Å². The largest absolute Gasteiger partial charge is 0.493 e. The number of hydrogen-bond donors (Lipinski definition) is 2. The van der Waals surface area contributed by atoms with Crippen molar-refractivity contribution in [2.24, 2.45) is 10.9 Å². The number of rotatable bonds is 8. The molecule has 6 nitrogen and oxygen atoms in total. The van der Waals surface area contributed by atoms with E-state index >= 15 is 0 Å². The molecular formula is C22H36N4O2. The predicted octanol–water partition coefficient (Wildman–Crippen LogP) is 2.56. The molecule has 28 heavy (non-hydrogen) atoms. The zero-order valence-electron chi connectivity index (χ0n) is 17.8. The predicted molar refractivity (Wildman–Crippen MR) is 114 cm³/mol. The molecule has 1 aliphatic carbocycles. The van der Waals surface area contributed by atoms with Crippen LogP contribution in [-0.4, -0.2) is 62.9 Å². The number of nitrogens with one attached hydrogen (secondary N) is 2. The maximum absolute atomic E-state index is 6.08. The average Bonchev–Trinajstić information content (AvgIpc) is 3.52. The highest BCUT2D eigenvalue weighted by atomic mass is 16.5. The third-order valence-corrected chi connectivity index (χ3v) is 5.61. The summed E-state index contributed by atoms with van der Waals surface area (Å²) in [6.07, 6.45) is 2.60. The summed E-state index contributed by atoms with van der Waals surface area (Å²) in [6, 6.07) is 7.31. The standard InChI is InChI=1S/C22H36N4O2/c1-16-5-8-20(21(11-16)28-15-19-6-7-19)13-25-22(23-4)24-12-17(2)26-9-10-27-14-18(26)3/h5,8,11,17-19H,6-7,9-10,12-15H2,1-4H3,(H2,23,24,25). The van der Waals surface area contributed by atoms with Gasteiger partial charge in [-0.1, -0.05) is 12.1 Å². The Morgan fingerprint density at radius 3 is 2.89 bits per heavy atom. The molecule has 0 spiro atoms. The van der Waals surface area contributed by atoms with Crippen molar-refractivity contribution in [3.8, 4) is 5.75 Å². The molecule has 1 saturated heterocycles. The molecule has 1 aliphatic heterocycles. The van der Waals surface area contributed by atoms with Crippen LogP contribution in [-0.2, 0) is 11.3 Å². The molecule has 2 fully saturated rings. The third-order valence-electron chi connectivity index (χ3n) is 5.61. The molecule has 0 aromatic heterocycles. The van der Waals surface area contributed by atoms with E-state index in [1.54, 1.807) is 0 Å². The van der Waals surface area contributed by atoms with E-state index in [0.717, 1.165) is 50.5 Å². The normalized spacial score (nSPS) is 22.0. The summed E-state index contributed by atoms with van der Waals surface area (Å²) in [4.78, 5) is 6.87. The Labute approximate surface area is 169 Å². The maximum Gasteiger partial charge on any atom is 0.191 e. The van der Waals surface area contributed by atoms with Crippen molar-refractivity contribution in [1.29, 1.82) is 0 Å². The lowest BCUT2D eigenvalue weighted by Crippen LogP contribution is -2.52. The van der Waals surface area contributed by atoms with Gasteiger partial charge in [-0.15, -0.1) is 0 Å². The molecule has 0 amide bonds. The average molecular weight is 389 g/mol. The second-order valence-corrected chi connectivity index (χ2v) is 8.18. The number of benzene rings is 1. The molecule has 2 unspecified atom stereocenters. The van der Waals surface area contributed by atoms with Crippen molar-refractivity contribution >= 4 is 5.96 Å². The van der Waals surface area contributed by atoms with Gasteiger partial charge >= 0.3 is 0 Å². The minimum atomic E-state index is 0.425. The molecule has 2 N–H and O–H groups in total. The number of ether oxygens (including phenoxy) is 2. The van der Waals surface area contributed by atoms with Crippen molar-refractivity contribution in [2.45, 2.75) is 52.2 Å². The van der Waals surface area contributed by atoms with E-state index in [1.165, 1.54) is 24.0 Å². The summed E-state index contributed by atoms with van der Waals surface area (Å²) < 4.78 is 11.6. The second kappa shape index (κ2) is 10.1. The van der Waals surface area contributed by atoms with Crippen LogP contribution in [0, 0.1) is 12.8 Å². The molecule has 3 rings (SSSR count). The van der Waals surface area contributed by atoms with Crippen molar-refractivity contribution in [3.63, 3.8) is 0 Å². The Balaban J connectivity index is 1.49. The number of nitrogens with zero attached hydrogens (tertiary/aromatic N) is 2. The van der Waals surface area contributed by atoms with E-state index in [9.17, 15) is 0 Å². The fourth-order valence-electron chi connectivity index (χ4n) is 3.59. The molecule has 0 bridgehead atoms. The van der Waals surface area contributed by atoms with Crippen LogP contribution in [0.5, 0.6) is 5.75 Å². The number of morpholine rings is 1. The Morgan fingerprint density at radius 2 is 2.18 bits per heavy atom. The number of hydrogen-bond acceptors (Lipinski definition) is 4. The Kier molecular flexibility index (Phi) is 7.57. The minimum absolute atomic E-state index is 0.425. The van der Waals surface area contributed by atoms with Crippen molar-refractivity contribution in [2.75, 3.05) is 40.0 Å². The molecule has 2 atom stereocenters. The van der Waals surface area contributed by atoms with Gasteiger partial charge in [0.25, 0.3) is 0 Å². The van der Waals surface area contributed by atoms with Crippen molar-refractivity contribution < 1.29 is 9.47 Å². The lowest BCUT2D eigenvalue weighted by Gasteiger charge is -2.38. The first-order valence-corrected chi connectivity index (χ1v) is 10.6. The number of aliphatic imine (C=N–C) groups is 1. The molecular weight excluding hydrogens is 352 g/mol. The van der Waals surface area contributed by atoms with Crippen LogP contribution in [0.4, 0.5) is 0 Å². The zero-order valence-corrected chi connectivity index (χ0v) is 17.8. The highest BCUT2D eigenvalue weighted by Gasteiger charge is 2.24. The first-order chi connectivity index (χ1) is 13.6.